The Morgan fingerprint density at radius 1 is 0.735 bits per heavy atom. The Morgan fingerprint density at radius 3 is 1.68 bits per heavy atom. The van der Waals surface area contributed by atoms with Gasteiger partial charge >= 0.3 is 26.2 Å². The van der Waals surface area contributed by atoms with Gasteiger partial charge in [-0.1, -0.05) is 44.0 Å². The molecule has 0 aliphatic carbocycles. The van der Waals surface area contributed by atoms with Crippen molar-refractivity contribution < 1.29 is 55.8 Å². The van der Waals surface area contributed by atoms with E-state index < -0.39 is 8.07 Å². The molecule has 0 aromatic heterocycles. The summed E-state index contributed by atoms with van der Waals surface area (Å²) >= 11 is 0. The fourth-order valence-electron chi connectivity index (χ4n) is 4.71. The average Bonchev–Trinajstić information content (AvgIpc) is 3.37. The summed E-state index contributed by atoms with van der Waals surface area (Å²) in [5, 5.41) is 8.69. The maximum absolute atomic E-state index is 5.89. The van der Waals surface area contributed by atoms with Crippen LogP contribution in [0, 0.1) is 0 Å². The molecule has 0 atom stereocenters. The smallest absolute Gasteiger partial charge is 1.00 e. The molecule has 0 N–H and O–H groups in total. The van der Waals surface area contributed by atoms with Crippen LogP contribution >= 0.6 is 0 Å². The third kappa shape index (κ3) is 7.65. The van der Waals surface area contributed by atoms with Crippen molar-refractivity contribution in [2.75, 3.05) is 6.61 Å². The molecule has 0 amide bonds. The molecule has 0 spiro atoms. The standard InChI is InChI=1S/C29H36OSi.2ClH.Zr/c1-29(2,3)30-17-11-5-6-12-18-31(4,27-19-23-13-7-8-14-24(23)20-27)28-21-25-15-9-10-16-26(25)22-28;;;/h7-10,13-16,19-22H,5-6,11-12,17-18H2,1-4H3;2*1H;/q-2;;;+4/p-2. The van der Waals surface area contributed by atoms with Crippen molar-refractivity contribution in [1.82, 2.24) is 0 Å². The molecule has 0 bridgehead atoms. The fourth-order valence-corrected chi connectivity index (χ4v) is 8.47. The van der Waals surface area contributed by atoms with Crippen LogP contribution in [0.5, 0.6) is 0 Å². The molecule has 0 aliphatic heterocycles. The molecule has 4 aromatic carbocycles. The Morgan fingerprint density at radius 2 is 1.21 bits per heavy atom. The number of hydrogen-bond acceptors (Lipinski definition) is 1. The molecule has 4 rings (SSSR count). The summed E-state index contributed by atoms with van der Waals surface area (Å²) in [6.45, 7) is 9.87. The summed E-state index contributed by atoms with van der Waals surface area (Å²) in [6.07, 6.45) is 5.00. The van der Waals surface area contributed by atoms with Gasteiger partial charge in [-0.05, 0) is 27.2 Å². The second-order valence-electron chi connectivity index (χ2n) is 10.2. The molecule has 0 unspecified atom stereocenters. The number of benzene rings is 2. The van der Waals surface area contributed by atoms with Crippen LogP contribution in [0.4, 0.5) is 0 Å². The predicted octanol–water partition coefficient (Wildman–Crippen LogP) is 1.00. The summed E-state index contributed by atoms with van der Waals surface area (Å²) in [5.74, 6) is 0. The summed E-state index contributed by atoms with van der Waals surface area (Å²) in [4.78, 5) is 0. The first kappa shape index (κ1) is 31.3. The monoisotopic (exact) mass is 588 g/mol. The molecule has 5 heteroatoms. The molecule has 0 fully saturated rings. The molecule has 0 radical (unpaired) electrons. The summed E-state index contributed by atoms with van der Waals surface area (Å²) in [6, 6.07) is 28.8. The molecule has 0 saturated carbocycles. The van der Waals surface area contributed by atoms with E-state index >= 15 is 0 Å². The number of rotatable bonds is 9. The predicted molar refractivity (Wildman–Crippen MR) is 139 cm³/mol. The molecule has 34 heavy (non-hydrogen) atoms. The Hall–Kier alpha value is -0.700. The van der Waals surface area contributed by atoms with Gasteiger partial charge < -0.3 is 29.6 Å². The van der Waals surface area contributed by atoms with Gasteiger partial charge in [0.15, 0.2) is 0 Å². The largest absolute Gasteiger partial charge is 4.00 e. The van der Waals surface area contributed by atoms with Crippen molar-refractivity contribution in [1.29, 1.82) is 0 Å². The minimum atomic E-state index is -1.80. The van der Waals surface area contributed by atoms with E-state index in [1.807, 2.05) is 0 Å². The molecule has 0 saturated heterocycles. The number of unbranched alkanes of at least 4 members (excludes halogenated alkanes) is 3. The Kier molecular flexibility index (Phi) is 12.5. The van der Waals surface area contributed by atoms with E-state index in [9.17, 15) is 0 Å². The van der Waals surface area contributed by atoms with Crippen LogP contribution < -0.4 is 35.2 Å². The van der Waals surface area contributed by atoms with Crippen molar-refractivity contribution in [3.63, 3.8) is 0 Å². The van der Waals surface area contributed by atoms with Gasteiger partial charge in [-0.15, -0.1) is 69.7 Å². The minimum Gasteiger partial charge on any atom is -1.00 e. The van der Waals surface area contributed by atoms with Crippen molar-refractivity contribution >= 4 is 40.0 Å². The van der Waals surface area contributed by atoms with Crippen molar-refractivity contribution in [3.05, 3.63) is 72.8 Å². The first-order valence-corrected chi connectivity index (χ1v) is 14.5. The van der Waals surface area contributed by atoms with Gasteiger partial charge in [0.05, 0.1) is 13.7 Å². The molecule has 0 heterocycles. The van der Waals surface area contributed by atoms with E-state index in [1.54, 1.807) is 10.4 Å². The third-order valence-electron chi connectivity index (χ3n) is 6.62. The second-order valence-corrected chi connectivity index (χ2v) is 14.5. The number of hydrogen-bond donors (Lipinski definition) is 0. The quantitative estimate of drug-likeness (QED) is 0.161. The van der Waals surface area contributed by atoms with Crippen LogP contribution in [0.3, 0.4) is 0 Å². The van der Waals surface area contributed by atoms with E-state index in [2.05, 4.69) is 100 Å². The molecule has 0 aliphatic rings. The van der Waals surface area contributed by atoms with Gasteiger partial charge in [-0.3, -0.25) is 0 Å². The van der Waals surface area contributed by atoms with Crippen LogP contribution in [-0.2, 0) is 30.9 Å². The van der Waals surface area contributed by atoms with E-state index in [-0.39, 0.29) is 56.6 Å². The average molecular weight is 591 g/mol. The Bertz CT molecular complexity index is 1000. The zero-order valence-electron chi connectivity index (χ0n) is 20.8. The van der Waals surface area contributed by atoms with Gasteiger partial charge in [0, 0.05) is 6.61 Å². The number of fused-ring (bicyclic) bond motifs is 2. The first-order valence-electron chi connectivity index (χ1n) is 11.8. The summed E-state index contributed by atoms with van der Waals surface area (Å²) in [7, 11) is -1.80. The molecule has 180 valence electrons. The van der Waals surface area contributed by atoms with Crippen molar-refractivity contribution in [2.24, 2.45) is 0 Å². The zero-order chi connectivity index (χ0) is 21.9. The number of halogens is 2. The van der Waals surface area contributed by atoms with Crippen LogP contribution in [0.15, 0.2) is 72.8 Å². The van der Waals surface area contributed by atoms with Crippen LogP contribution in [0.25, 0.3) is 21.5 Å². The Labute approximate surface area is 238 Å². The van der Waals surface area contributed by atoms with Gasteiger partial charge in [-0.2, -0.15) is 22.9 Å². The molecule has 4 aromatic rings. The van der Waals surface area contributed by atoms with Crippen LogP contribution in [0.2, 0.25) is 12.6 Å². The van der Waals surface area contributed by atoms with E-state index in [0.717, 1.165) is 13.0 Å². The third-order valence-corrected chi connectivity index (χ3v) is 11.1. The second kappa shape index (κ2) is 13.6. The molecule has 1 nitrogen and oxygen atoms in total. The van der Waals surface area contributed by atoms with E-state index in [0.29, 0.717) is 0 Å². The van der Waals surface area contributed by atoms with E-state index in [1.165, 1.54) is 46.9 Å². The normalized spacial score (nSPS) is 11.6. The first-order chi connectivity index (χ1) is 14.9. The topological polar surface area (TPSA) is 9.23 Å². The number of ether oxygens (including phenoxy) is 1. The maximum Gasteiger partial charge on any atom is 4.00 e. The fraction of sp³-hybridized carbons (Fsp3) is 0.379. The summed E-state index contributed by atoms with van der Waals surface area (Å²) < 4.78 is 5.89. The van der Waals surface area contributed by atoms with Crippen molar-refractivity contribution in [3.8, 4) is 0 Å². The maximum atomic E-state index is 5.89. The molecular weight excluding hydrogens is 555 g/mol. The van der Waals surface area contributed by atoms with Crippen molar-refractivity contribution in [2.45, 2.75) is 64.6 Å². The van der Waals surface area contributed by atoms with Crippen LogP contribution in [-0.4, -0.2) is 20.3 Å². The van der Waals surface area contributed by atoms with Gasteiger partial charge in [0.25, 0.3) is 0 Å². The molecular formula is C29H36Cl2OSiZr. The Balaban J connectivity index is 0.00000193. The van der Waals surface area contributed by atoms with Gasteiger partial charge in [-0.25, -0.2) is 0 Å². The minimum absolute atomic E-state index is 0. The van der Waals surface area contributed by atoms with Crippen LogP contribution in [0.1, 0.15) is 46.5 Å². The zero-order valence-corrected chi connectivity index (χ0v) is 25.8. The van der Waals surface area contributed by atoms with Gasteiger partial charge in [0.2, 0.25) is 0 Å². The SMILES string of the molecule is CC(C)(C)OCCCCCC[Si](C)(c1cc2ccccc2[cH-]1)c1cc2ccccc2[cH-]1.[Cl-].[Cl-].[Zr+4]. The summed E-state index contributed by atoms with van der Waals surface area (Å²) in [5.41, 5.74) is -0.0228. The van der Waals surface area contributed by atoms with Gasteiger partial charge in [0.1, 0.15) is 0 Å². The van der Waals surface area contributed by atoms with E-state index in [4.69, 9.17) is 4.74 Å².